The molecular formula is C28H38MnN4O. The summed E-state index contributed by atoms with van der Waals surface area (Å²) >= 11 is 0. The van der Waals surface area contributed by atoms with Crippen LogP contribution in [0.25, 0.3) is 10.6 Å². The van der Waals surface area contributed by atoms with Gasteiger partial charge in [-0.05, 0) is 44.3 Å². The first kappa shape index (κ1) is 28.1. The average Bonchev–Trinajstić information content (AvgIpc) is 3.24. The SMILES string of the molecule is C1=CC=C2[N-]CCCCC[N-]C3=CC=CC=CC3=NCCCCCN=C2C=C1.C1CCOC1.[Mn+2]. The third-order valence-corrected chi connectivity index (χ3v) is 5.57. The molecule has 4 aliphatic rings. The van der Waals surface area contributed by atoms with Crippen molar-refractivity contribution in [3.63, 3.8) is 0 Å². The first-order valence-electron chi connectivity index (χ1n) is 12.6. The topological polar surface area (TPSA) is 62.2 Å². The fraction of sp³-hybridized carbons (Fsp3) is 0.500. The van der Waals surface area contributed by atoms with E-state index in [1.807, 2.05) is 36.5 Å². The molecule has 6 heteroatoms. The Bertz CT molecular complexity index is 760. The van der Waals surface area contributed by atoms with E-state index in [0.29, 0.717) is 0 Å². The van der Waals surface area contributed by atoms with E-state index in [-0.39, 0.29) is 17.1 Å². The van der Waals surface area contributed by atoms with Gasteiger partial charge in [0.2, 0.25) is 0 Å². The maximum absolute atomic E-state index is 4.94. The van der Waals surface area contributed by atoms with Crippen LogP contribution in [0.4, 0.5) is 0 Å². The zero-order chi connectivity index (χ0) is 22.8. The minimum absolute atomic E-state index is 0. The number of aliphatic imine (C=N–C) groups is 2. The van der Waals surface area contributed by atoms with Crippen LogP contribution in [0.1, 0.15) is 51.4 Å². The molecule has 1 radical (unpaired) electrons. The summed E-state index contributed by atoms with van der Waals surface area (Å²) in [6.45, 7) is 5.36. The number of hydrogen-bond acceptors (Lipinski definition) is 3. The number of hydrogen-bond donors (Lipinski definition) is 0. The Balaban J connectivity index is 0.000000603. The van der Waals surface area contributed by atoms with E-state index in [4.69, 9.17) is 25.4 Å². The van der Waals surface area contributed by atoms with E-state index in [1.165, 1.54) is 12.8 Å². The molecule has 0 atom stereocenters. The van der Waals surface area contributed by atoms with Crippen LogP contribution < -0.4 is 0 Å². The minimum atomic E-state index is 0. The maximum atomic E-state index is 4.94. The van der Waals surface area contributed by atoms with Gasteiger partial charge in [0.15, 0.2) is 0 Å². The van der Waals surface area contributed by atoms with Gasteiger partial charge in [0, 0.05) is 37.7 Å². The van der Waals surface area contributed by atoms with Crippen LogP contribution in [0.15, 0.2) is 82.1 Å². The monoisotopic (exact) mass is 501 g/mol. The molecule has 0 amide bonds. The molecule has 0 spiro atoms. The van der Waals surface area contributed by atoms with E-state index in [2.05, 4.69) is 24.3 Å². The molecule has 0 N–H and O–H groups in total. The third-order valence-electron chi connectivity index (χ3n) is 5.57. The summed E-state index contributed by atoms with van der Waals surface area (Å²) in [5.41, 5.74) is 4.03. The molecule has 2 heterocycles. The van der Waals surface area contributed by atoms with Gasteiger partial charge in [-0.2, -0.15) is 0 Å². The van der Waals surface area contributed by atoms with Gasteiger partial charge >= 0.3 is 17.1 Å². The van der Waals surface area contributed by atoms with Crippen molar-refractivity contribution in [2.45, 2.75) is 51.4 Å². The standard InChI is InChI=1S/C24H30N4.C4H8O.Mn/c1-5-13-21-22(14-6-1)26-18-10-4-12-20-28-24-16-8-2-7-15-23(24)27-19-11-3-9-17-25-21;1-2-4-5-3-1;/h1-2,5-8,13-16H,3-4,9-12,17-20H2;1-4H2;/q-2;;+2. The molecule has 0 aromatic heterocycles. The molecule has 0 saturated carbocycles. The van der Waals surface area contributed by atoms with Gasteiger partial charge in [-0.25, -0.2) is 0 Å². The Morgan fingerprint density at radius 1 is 0.559 bits per heavy atom. The van der Waals surface area contributed by atoms with E-state index in [1.54, 1.807) is 0 Å². The van der Waals surface area contributed by atoms with Gasteiger partial charge in [0.1, 0.15) is 0 Å². The number of allylic oxidation sites excluding steroid dienone is 10. The van der Waals surface area contributed by atoms with Crippen LogP contribution in [-0.4, -0.2) is 50.8 Å². The fourth-order valence-corrected chi connectivity index (χ4v) is 3.70. The number of ether oxygens (including phenoxy) is 1. The number of fused-ring (bicyclic) bond motifs is 2. The smallest absolute Gasteiger partial charge is 0.683 e. The van der Waals surface area contributed by atoms with E-state index < -0.39 is 0 Å². The molecule has 1 saturated heterocycles. The molecule has 4 rings (SSSR count). The summed E-state index contributed by atoms with van der Waals surface area (Å²) in [7, 11) is 0. The van der Waals surface area contributed by atoms with Crippen LogP contribution in [0.3, 0.4) is 0 Å². The second-order valence-electron chi connectivity index (χ2n) is 8.33. The predicted molar refractivity (Wildman–Crippen MR) is 142 cm³/mol. The van der Waals surface area contributed by atoms with Crippen molar-refractivity contribution in [3.05, 3.63) is 82.8 Å². The van der Waals surface area contributed by atoms with Gasteiger partial charge < -0.3 is 15.4 Å². The summed E-state index contributed by atoms with van der Waals surface area (Å²) < 4.78 is 4.94. The first-order valence-corrected chi connectivity index (χ1v) is 12.6. The largest absolute Gasteiger partial charge is 2.00 e. The molecule has 0 bridgehead atoms. The molecule has 2 aliphatic heterocycles. The van der Waals surface area contributed by atoms with Crippen LogP contribution in [-0.2, 0) is 21.8 Å². The summed E-state index contributed by atoms with van der Waals surface area (Å²) in [5, 5.41) is 9.59. The maximum Gasteiger partial charge on any atom is 2.00 e. The van der Waals surface area contributed by atoms with Crippen LogP contribution in [0.5, 0.6) is 0 Å². The summed E-state index contributed by atoms with van der Waals surface area (Å²) in [6, 6.07) is 0. The normalized spacial score (nSPS) is 21.4. The van der Waals surface area contributed by atoms with E-state index in [9.17, 15) is 0 Å². The molecule has 0 aromatic rings. The molecule has 34 heavy (non-hydrogen) atoms. The molecular weight excluding hydrogens is 463 g/mol. The number of rotatable bonds is 0. The number of nitrogens with zero attached hydrogens (tertiary/aromatic N) is 4. The van der Waals surface area contributed by atoms with Crippen molar-refractivity contribution in [3.8, 4) is 0 Å². The van der Waals surface area contributed by atoms with Crippen LogP contribution in [0.2, 0.25) is 0 Å². The molecule has 0 unspecified atom stereocenters. The second-order valence-corrected chi connectivity index (χ2v) is 8.33. The molecule has 1 fully saturated rings. The Kier molecular flexibility index (Phi) is 15.1. The quantitative estimate of drug-likeness (QED) is 0.337. The fourth-order valence-electron chi connectivity index (χ4n) is 3.70. The van der Waals surface area contributed by atoms with Gasteiger partial charge in [-0.3, -0.25) is 9.98 Å². The molecule has 5 nitrogen and oxygen atoms in total. The van der Waals surface area contributed by atoms with Crippen molar-refractivity contribution >= 4 is 11.4 Å². The van der Waals surface area contributed by atoms with Crippen LogP contribution in [0, 0.1) is 0 Å². The average molecular weight is 502 g/mol. The van der Waals surface area contributed by atoms with Gasteiger partial charge in [0.25, 0.3) is 0 Å². The Morgan fingerprint density at radius 2 is 1.06 bits per heavy atom. The Hall–Kier alpha value is -2.14. The van der Waals surface area contributed by atoms with E-state index >= 15 is 0 Å². The summed E-state index contributed by atoms with van der Waals surface area (Å²) in [6.07, 6.45) is 29.7. The van der Waals surface area contributed by atoms with Crippen molar-refractivity contribution in [2.75, 3.05) is 39.4 Å². The van der Waals surface area contributed by atoms with Gasteiger partial charge in [-0.1, -0.05) is 67.9 Å². The zero-order valence-corrected chi connectivity index (χ0v) is 21.4. The van der Waals surface area contributed by atoms with Gasteiger partial charge in [-0.15, -0.1) is 24.5 Å². The van der Waals surface area contributed by atoms with E-state index in [0.717, 1.165) is 101 Å². The Morgan fingerprint density at radius 3 is 1.53 bits per heavy atom. The minimum Gasteiger partial charge on any atom is -0.683 e. The predicted octanol–water partition coefficient (Wildman–Crippen LogP) is 6.78. The molecule has 2 aliphatic carbocycles. The first-order chi connectivity index (χ1) is 16.4. The summed E-state index contributed by atoms with van der Waals surface area (Å²) in [5.74, 6) is 0. The zero-order valence-electron chi connectivity index (χ0n) is 20.2. The van der Waals surface area contributed by atoms with Crippen molar-refractivity contribution < 1.29 is 21.8 Å². The Labute approximate surface area is 216 Å². The van der Waals surface area contributed by atoms with Crippen molar-refractivity contribution in [1.29, 1.82) is 0 Å². The molecule has 183 valence electrons. The van der Waals surface area contributed by atoms with Gasteiger partial charge in [0.05, 0.1) is 0 Å². The van der Waals surface area contributed by atoms with Crippen molar-refractivity contribution in [1.82, 2.24) is 0 Å². The third kappa shape index (κ3) is 11.3. The molecule has 0 aromatic carbocycles. The van der Waals surface area contributed by atoms with Crippen molar-refractivity contribution in [2.24, 2.45) is 9.98 Å². The summed E-state index contributed by atoms with van der Waals surface area (Å²) in [4.78, 5) is 9.59. The van der Waals surface area contributed by atoms with Crippen LogP contribution >= 0.6 is 0 Å². The second kappa shape index (κ2) is 18.2.